The molecule has 0 aliphatic rings. The Bertz CT molecular complexity index is 309. The highest BCUT2D eigenvalue weighted by molar-refractivity contribution is 7.80. The van der Waals surface area contributed by atoms with Gasteiger partial charge in [-0.3, -0.25) is 0 Å². The van der Waals surface area contributed by atoms with Gasteiger partial charge in [0.15, 0.2) is 0 Å². The summed E-state index contributed by atoms with van der Waals surface area (Å²) in [6.07, 6.45) is 0.646. The number of halogens is 1. The van der Waals surface area contributed by atoms with Crippen molar-refractivity contribution < 1.29 is 0 Å². The van der Waals surface area contributed by atoms with Gasteiger partial charge in [-0.15, -0.1) is 0 Å². The zero-order chi connectivity index (χ0) is 9.14. The quantitative estimate of drug-likeness (QED) is 0.741. The molecule has 0 aliphatic heterocycles. The molecule has 0 saturated carbocycles. The Kier molecular flexibility index (Phi) is 3.06. The normalized spacial score (nSPS) is 9.83. The van der Waals surface area contributed by atoms with Crippen LogP contribution in [-0.2, 0) is 6.42 Å². The lowest BCUT2D eigenvalue weighted by Crippen LogP contribution is -2.10. The zero-order valence-corrected chi connectivity index (χ0v) is 8.38. The summed E-state index contributed by atoms with van der Waals surface area (Å²) in [6, 6.07) is 5.81. The van der Waals surface area contributed by atoms with Gasteiger partial charge in [0.05, 0.1) is 4.99 Å². The van der Waals surface area contributed by atoms with Crippen LogP contribution in [0.1, 0.15) is 11.1 Å². The number of benzene rings is 1. The third-order valence-corrected chi connectivity index (χ3v) is 2.17. The number of aryl methyl sites for hydroxylation is 1. The Balaban J connectivity index is 2.89. The highest BCUT2D eigenvalue weighted by atomic mass is 35.5. The number of nitrogens with two attached hydrogens (primary N) is 1. The molecule has 1 rings (SSSR count). The van der Waals surface area contributed by atoms with Crippen molar-refractivity contribution in [2.24, 2.45) is 5.73 Å². The van der Waals surface area contributed by atoms with E-state index in [0.29, 0.717) is 11.4 Å². The highest BCUT2D eigenvalue weighted by Crippen LogP contribution is 2.16. The molecule has 0 aromatic heterocycles. The maximum absolute atomic E-state index is 5.85. The molecule has 64 valence electrons. The molecule has 0 amide bonds. The molecule has 0 atom stereocenters. The lowest BCUT2D eigenvalue weighted by Gasteiger charge is -2.02. The maximum atomic E-state index is 5.85. The first-order chi connectivity index (χ1) is 5.59. The molecule has 0 heterocycles. The Morgan fingerprint density at radius 2 is 2.25 bits per heavy atom. The molecule has 1 aromatic carbocycles. The van der Waals surface area contributed by atoms with E-state index in [2.05, 4.69) is 0 Å². The van der Waals surface area contributed by atoms with Crippen LogP contribution in [0.4, 0.5) is 0 Å². The molecule has 0 fully saturated rings. The molecule has 0 saturated heterocycles. The Hall–Kier alpha value is -0.600. The third-order valence-electron chi connectivity index (χ3n) is 1.60. The van der Waals surface area contributed by atoms with E-state index in [1.54, 1.807) is 0 Å². The van der Waals surface area contributed by atoms with Gasteiger partial charge in [-0.2, -0.15) is 0 Å². The smallest absolute Gasteiger partial charge is 0.0771 e. The fourth-order valence-electron chi connectivity index (χ4n) is 1.02. The van der Waals surface area contributed by atoms with Crippen LogP contribution in [0.2, 0.25) is 5.02 Å². The number of rotatable bonds is 2. The lowest BCUT2D eigenvalue weighted by molar-refractivity contribution is 1.30. The van der Waals surface area contributed by atoms with Crippen molar-refractivity contribution in [3.63, 3.8) is 0 Å². The van der Waals surface area contributed by atoms with E-state index in [4.69, 9.17) is 29.6 Å². The zero-order valence-electron chi connectivity index (χ0n) is 6.80. The van der Waals surface area contributed by atoms with Crippen LogP contribution >= 0.6 is 23.8 Å². The maximum Gasteiger partial charge on any atom is 0.0771 e. The Labute approximate surface area is 82.5 Å². The van der Waals surface area contributed by atoms with Crippen molar-refractivity contribution in [1.82, 2.24) is 0 Å². The van der Waals surface area contributed by atoms with Crippen molar-refractivity contribution in [2.45, 2.75) is 13.3 Å². The SMILES string of the molecule is Cc1cc(CC(N)=S)ccc1Cl. The topological polar surface area (TPSA) is 26.0 Å². The van der Waals surface area contributed by atoms with Crippen molar-refractivity contribution in [3.05, 3.63) is 34.3 Å². The van der Waals surface area contributed by atoms with Crippen LogP contribution in [0.25, 0.3) is 0 Å². The van der Waals surface area contributed by atoms with Gasteiger partial charge in [-0.1, -0.05) is 36.0 Å². The lowest BCUT2D eigenvalue weighted by atomic mass is 10.1. The highest BCUT2D eigenvalue weighted by Gasteiger charge is 1.98. The summed E-state index contributed by atoms with van der Waals surface area (Å²) < 4.78 is 0. The van der Waals surface area contributed by atoms with Crippen LogP contribution in [0, 0.1) is 6.92 Å². The van der Waals surface area contributed by atoms with E-state index in [1.165, 1.54) is 0 Å². The molecule has 0 aliphatic carbocycles. The van der Waals surface area contributed by atoms with Crippen molar-refractivity contribution in [2.75, 3.05) is 0 Å². The molecule has 0 bridgehead atoms. The molecule has 12 heavy (non-hydrogen) atoms. The van der Waals surface area contributed by atoms with Gasteiger partial charge in [-0.25, -0.2) is 0 Å². The molecule has 0 spiro atoms. The summed E-state index contributed by atoms with van der Waals surface area (Å²) in [7, 11) is 0. The van der Waals surface area contributed by atoms with Gasteiger partial charge < -0.3 is 5.73 Å². The van der Waals surface area contributed by atoms with Crippen molar-refractivity contribution in [1.29, 1.82) is 0 Å². The summed E-state index contributed by atoms with van der Waals surface area (Å²) in [4.78, 5) is 0.511. The van der Waals surface area contributed by atoms with Crippen LogP contribution in [0.5, 0.6) is 0 Å². The van der Waals surface area contributed by atoms with Gasteiger partial charge >= 0.3 is 0 Å². The number of hydrogen-bond acceptors (Lipinski definition) is 1. The van der Waals surface area contributed by atoms with E-state index in [-0.39, 0.29) is 0 Å². The number of hydrogen-bond donors (Lipinski definition) is 1. The molecular weight excluding hydrogens is 190 g/mol. The van der Waals surface area contributed by atoms with Gasteiger partial charge in [0.25, 0.3) is 0 Å². The van der Waals surface area contributed by atoms with E-state index >= 15 is 0 Å². The minimum Gasteiger partial charge on any atom is -0.393 e. The van der Waals surface area contributed by atoms with E-state index < -0.39 is 0 Å². The third kappa shape index (κ3) is 2.47. The second-order valence-electron chi connectivity index (χ2n) is 2.73. The fourth-order valence-corrected chi connectivity index (χ4v) is 1.30. The van der Waals surface area contributed by atoms with Crippen LogP contribution in [0.3, 0.4) is 0 Å². The van der Waals surface area contributed by atoms with Crippen LogP contribution < -0.4 is 5.73 Å². The first-order valence-corrected chi connectivity index (χ1v) is 4.41. The summed E-state index contributed by atoms with van der Waals surface area (Å²) in [5.41, 5.74) is 7.59. The molecule has 1 nitrogen and oxygen atoms in total. The molecule has 1 aromatic rings. The van der Waals surface area contributed by atoms with Gasteiger partial charge in [0.1, 0.15) is 0 Å². The van der Waals surface area contributed by atoms with E-state index in [0.717, 1.165) is 16.1 Å². The van der Waals surface area contributed by atoms with Crippen LogP contribution in [-0.4, -0.2) is 4.99 Å². The minimum atomic E-state index is 0.511. The second-order valence-corrected chi connectivity index (χ2v) is 3.66. The second kappa shape index (κ2) is 3.87. The standard InChI is InChI=1S/C9H10ClNS/c1-6-4-7(5-9(11)12)2-3-8(6)10/h2-4H,5H2,1H3,(H2,11,12). The van der Waals surface area contributed by atoms with Gasteiger partial charge in [-0.05, 0) is 24.1 Å². The average Bonchev–Trinajstić information content (AvgIpc) is 1.96. The molecule has 0 unspecified atom stereocenters. The average molecular weight is 200 g/mol. The Morgan fingerprint density at radius 3 is 2.75 bits per heavy atom. The summed E-state index contributed by atoms with van der Waals surface area (Å²) in [5.74, 6) is 0. The van der Waals surface area contributed by atoms with Crippen molar-refractivity contribution >= 4 is 28.8 Å². The molecule has 2 N–H and O–H groups in total. The predicted octanol–water partition coefficient (Wildman–Crippen LogP) is 2.48. The molecule has 0 radical (unpaired) electrons. The molecule has 3 heteroatoms. The van der Waals surface area contributed by atoms with Gasteiger partial charge in [0.2, 0.25) is 0 Å². The predicted molar refractivity (Wildman–Crippen MR) is 56.7 cm³/mol. The summed E-state index contributed by atoms with van der Waals surface area (Å²) in [5, 5.41) is 0.779. The van der Waals surface area contributed by atoms with Gasteiger partial charge in [0, 0.05) is 11.4 Å². The number of thiocarbonyl (C=S) groups is 1. The van der Waals surface area contributed by atoms with E-state index in [9.17, 15) is 0 Å². The summed E-state index contributed by atoms with van der Waals surface area (Å²) >= 11 is 10.7. The monoisotopic (exact) mass is 199 g/mol. The summed E-state index contributed by atoms with van der Waals surface area (Å²) in [6.45, 7) is 1.96. The minimum absolute atomic E-state index is 0.511. The molecular formula is C9H10ClNS. The first kappa shape index (κ1) is 9.49. The van der Waals surface area contributed by atoms with E-state index in [1.807, 2.05) is 25.1 Å². The largest absolute Gasteiger partial charge is 0.393 e. The Morgan fingerprint density at radius 1 is 1.58 bits per heavy atom. The van der Waals surface area contributed by atoms with Crippen LogP contribution in [0.15, 0.2) is 18.2 Å². The fraction of sp³-hybridized carbons (Fsp3) is 0.222. The first-order valence-electron chi connectivity index (χ1n) is 3.63. The van der Waals surface area contributed by atoms with Crippen molar-refractivity contribution in [3.8, 4) is 0 Å².